The number of carbonyl (C=O) groups is 1. The molecule has 5 heteroatoms. The molecule has 2 heterocycles. The second-order valence-corrected chi connectivity index (χ2v) is 4.55. The third kappa shape index (κ3) is 2.55. The molecule has 0 saturated carbocycles. The Labute approximate surface area is 100 Å². The second kappa shape index (κ2) is 4.71. The van der Waals surface area contributed by atoms with Crippen molar-refractivity contribution in [1.29, 1.82) is 0 Å². The first kappa shape index (κ1) is 11.9. The van der Waals surface area contributed by atoms with E-state index in [1.54, 1.807) is 17.0 Å². The summed E-state index contributed by atoms with van der Waals surface area (Å²) in [6, 6.07) is 3.20. The van der Waals surface area contributed by atoms with Crippen LogP contribution in [0.4, 0.5) is 5.82 Å². The second-order valence-electron chi connectivity index (χ2n) is 4.55. The average molecular weight is 235 g/mol. The molecule has 1 aliphatic heterocycles. The zero-order valence-electron chi connectivity index (χ0n) is 9.84. The minimum Gasteiger partial charge on any atom is -0.391 e. The van der Waals surface area contributed by atoms with E-state index in [4.69, 9.17) is 5.73 Å². The van der Waals surface area contributed by atoms with E-state index in [2.05, 4.69) is 4.98 Å². The minimum atomic E-state index is -0.438. The van der Waals surface area contributed by atoms with Gasteiger partial charge in [-0.15, -0.1) is 0 Å². The molecule has 0 bridgehead atoms. The lowest BCUT2D eigenvalue weighted by atomic mass is 9.95. The van der Waals surface area contributed by atoms with Gasteiger partial charge in [-0.3, -0.25) is 4.79 Å². The smallest absolute Gasteiger partial charge is 0.254 e. The number of β-amino-alcohol motifs (C(OH)–C–C–N with tert-alkyl or cyclic N) is 1. The van der Waals surface area contributed by atoms with Crippen LogP contribution in [0.5, 0.6) is 0 Å². The maximum atomic E-state index is 12.1. The summed E-state index contributed by atoms with van der Waals surface area (Å²) < 4.78 is 0. The summed E-state index contributed by atoms with van der Waals surface area (Å²) in [7, 11) is 0. The molecule has 0 aliphatic carbocycles. The van der Waals surface area contributed by atoms with Crippen LogP contribution in [0.3, 0.4) is 0 Å². The largest absolute Gasteiger partial charge is 0.391 e. The number of hydrogen-bond acceptors (Lipinski definition) is 4. The highest BCUT2D eigenvalue weighted by Crippen LogP contribution is 2.19. The predicted octanol–water partition coefficient (Wildman–Crippen LogP) is 0.507. The van der Waals surface area contributed by atoms with Crippen LogP contribution in [0.25, 0.3) is 0 Å². The van der Waals surface area contributed by atoms with Crippen molar-refractivity contribution in [3.63, 3.8) is 0 Å². The van der Waals surface area contributed by atoms with Crippen molar-refractivity contribution in [2.24, 2.45) is 5.92 Å². The molecule has 3 N–H and O–H groups in total. The average Bonchev–Trinajstić information content (AvgIpc) is 2.32. The number of nitrogens with zero attached hydrogens (tertiary/aromatic N) is 2. The quantitative estimate of drug-likeness (QED) is 0.743. The molecule has 1 saturated heterocycles. The fourth-order valence-corrected chi connectivity index (χ4v) is 2.00. The van der Waals surface area contributed by atoms with E-state index in [1.165, 1.54) is 6.20 Å². The molecule has 1 amide bonds. The predicted molar refractivity (Wildman–Crippen MR) is 64.3 cm³/mol. The van der Waals surface area contributed by atoms with Gasteiger partial charge in [0.2, 0.25) is 0 Å². The van der Waals surface area contributed by atoms with Gasteiger partial charge in [0.05, 0.1) is 6.10 Å². The summed E-state index contributed by atoms with van der Waals surface area (Å²) >= 11 is 0. The Kier molecular flexibility index (Phi) is 3.28. The number of aliphatic hydroxyl groups is 1. The number of likely N-dealkylation sites (tertiary alicyclic amines) is 1. The molecular formula is C12H17N3O2. The molecule has 92 valence electrons. The Morgan fingerprint density at radius 1 is 1.65 bits per heavy atom. The first-order valence-corrected chi connectivity index (χ1v) is 5.77. The van der Waals surface area contributed by atoms with E-state index >= 15 is 0 Å². The highest BCUT2D eigenvalue weighted by molar-refractivity contribution is 5.94. The topological polar surface area (TPSA) is 79.5 Å². The monoisotopic (exact) mass is 235 g/mol. The van der Waals surface area contributed by atoms with Gasteiger partial charge in [0.1, 0.15) is 5.82 Å². The van der Waals surface area contributed by atoms with Crippen molar-refractivity contribution < 1.29 is 9.90 Å². The van der Waals surface area contributed by atoms with Crippen molar-refractivity contribution in [2.75, 3.05) is 18.8 Å². The summed E-state index contributed by atoms with van der Waals surface area (Å²) in [4.78, 5) is 17.7. The molecular weight excluding hydrogens is 218 g/mol. The molecule has 17 heavy (non-hydrogen) atoms. The lowest BCUT2D eigenvalue weighted by Gasteiger charge is -2.34. The van der Waals surface area contributed by atoms with Crippen LogP contribution < -0.4 is 5.73 Å². The highest BCUT2D eigenvalue weighted by atomic mass is 16.3. The molecule has 2 unspecified atom stereocenters. The van der Waals surface area contributed by atoms with E-state index < -0.39 is 6.10 Å². The van der Waals surface area contributed by atoms with Crippen molar-refractivity contribution in [3.05, 3.63) is 23.9 Å². The van der Waals surface area contributed by atoms with Gasteiger partial charge in [-0.05, 0) is 24.5 Å². The SMILES string of the molecule is CC1CCN(C(=O)c2ccnc(N)c2)CC1O. The van der Waals surface area contributed by atoms with Gasteiger partial charge in [0, 0.05) is 24.8 Å². The Morgan fingerprint density at radius 2 is 2.41 bits per heavy atom. The fourth-order valence-electron chi connectivity index (χ4n) is 2.00. The van der Waals surface area contributed by atoms with Crippen LogP contribution in [-0.2, 0) is 0 Å². The van der Waals surface area contributed by atoms with E-state index in [1.807, 2.05) is 6.92 Å². The van der Waals surface area contributed by atoms with Gasteiger partial charge < -0.3 is 15.7 Å². The summed E-state index contributed by atoms with van der Waals surface area (Å²) in [5.74, 6) is 0.494. The third-order valence-corrected chi connectivity index (χ3v) is 3.23. The van der Waals surface area contributed by atoms with Crippen molar-refractivity contribution >= 4 is 11.7 Å². The summed E-state index contributed by atoms with van der Waals surface area (Å²) in [6.07, 6.45) is 1.91. The number of carbonyl (C=O) groups excluding carboxylic acids is 1. The van der Waals surface area contributed by atoms with Gasteiger partial charge in [-0.2, -0.15) is 0 Å². The van der Waals surface area contributed by atoms with E-state index in [-0.39, 0.29) is 11.8 Å². The third-order valence-electron chi connectivity index (χ3n) is 3.23. The first-order chi connectivity index (χ1) is 8.08. The number of pyridine rings is 1. The summed E-state index contributed by atoms with van der Waals surface area (Å²) in [5, 5.41) is 9.77. The Hall–Kier alpha value is -1.62. The molecule has 2 rings (SSSR count). The van der Waals surface area contributed by atoms with Gasteiger partial charge in [-0.1, -0.05) is 6.92 Å². The highest BCUT2D eigenvalue weighted by Gasteiger charge is 2.27. The number of nitrogen functional groups attached to an aromatic ring is 1. The van der Waals surface area contributed by atoms with Crippen LogP contribution in [-0.4, -0.2) is 40.1 Å². The lowest BCUT2D eigenvalue weighted by molar-refractivity contribution is 0.0248. The van der Waals surface area contributed by atoms with Gasteiger partial charge >= 0.3 is 0 Å². The van der Waals surface area contributed by atoms with Crippen LogP contribution in [0.1, 0.15) is 23.7 Å². The standard InChI is InChI=1S/C12H17N3O2/c1-8-3-5-15(7-10(8)16)12(17)9-2-4-14-11(13)6-9/h2,4,6,8,10,16H,3,5,7H2,1H3,(H2,13,14). The van der Waals surface area contributed by atoms with Crippen LogP contribution in [0.2, 0.25) is 0 Å². The van der Waals surface area contributed by atoms with Crippen LogP contribution >= 0.6 is 0 Å². The molecule has 1 aromatic rings. The maximum Gasteiger partial charge on any atom is 0.254 e. The first-order valence-electron chi connectivity index (χ1n) is 5.77. The number of anilines is 1. The normalized spacial score (nSPS) is 24.7. The van der Waals surface area contributed by atoms with E-state index in [0.717, 1.165) is 6.42 Å². The Balaban J connectivity index is 2.10. The van der Waals surface area contributed by atoms with Crippen molar-refractivity contribution in [3.8, 4) is 0 Å². The summed E-state index contributed by atoms with van der Waals surface area (Å²) in [5.41, 5.74) is 6.07. The van der Waals surface area contributed by atoms with Crippen molar-refractivity contribution in [1.82, 2.24) is 9.88 Å². The minimum absolute atomic E-state index is 0.0925. The number of hydrogen-bond donors (Lipinski definition) is 2. The number of aliphatic hydroxyl groups excluding tert-OH is 1. The molecule has 5 nitrogen and oxygen atoms in total. The van der Waals surface area contributed by atoms with Crippen molar-refractivity contribution in [2.45, 2.75) is 19.4 Å². The molecule has 1 fully saturated rings. The van der Waals surface area contributed by atoms with E-state index in [9.17, 15) is 9.90 Å². The molecule has 0 aromatic carbocycles. The van der Waals surface area contributed by atoms with Gasteiger partial charge in [0.15, 0.2) is 0 Å². The number of rotatable bonds is 1. The summed E-state index contributed by atoms with van der Waals surface area (Å²) in [6.45, 7) is 3.07. The Bertz CT molecular complexity index is 422. The van der Waals surface area contributed by atoms with Gasteiger partial charge in [0.25, 0.3) is 5.91 Å². The number of piperidine rings is 1. The molecule has 0 spiro atoms. The van der Waals surface area contributed by atoms with Gasteiger partial charge in [-0.25, -0.2) is 4.98 Å². The number of aromatic nitrogens is 1. The van der Waals surface area contributed by atoms with Crippen LogP contribution in [0.15, 0.2) is 18.3 Å². The number of amides is 1. The van der Waals surface area contributed by atoms with E-state index in [0.29, 0.717) is 24.5 Å². The zero-order valence-corrected chi connectivity index (χ0v) is 9.84. The molecule has 0 radical (unpaired) electrons. The lowest BCUT2D eigenvalue weighted by Crippen LogP contribution is -2.45. The zero-order chi connectivity index (χ0) is 12.4. The molecule has 2 atom stereocenters. The fraction of sp³-hybridized carbons (Fsp3) is 0.500. The molecule has 1 aromatic heterocycles. The maximum absolute atomic E-state index is 12.1. The molecule has 1 aliphatic rings. The van der Waals surface area contributed by atoms with Crippen LogP contribution in [0, 0.1) is 5.92 Å². The number of nitrogens with two attached hydrogens (primary N) is 1. The Morgan fingerprint density at radius 3 is 3.06 bits per heavy atom.